The molecule has 1 heterocycles. The first-order chi connectivity index (χ1) is 8.49. The maximum absolute atomic E-state index is 11.2. The summed E-state index contributed by atoms with van der Waals surface area (Å²) in [6.07, 6.45) is 0. The lowest BCUT2D eigenvalue weighted by atomic mass is 10.1. The van der Waals surface area contributed by atoms with Gasteiger partial charge < -0.3 is 20.6 Å². The van der Waals surface area contributed by atoms with Crippen molar-refractivity contribution in [3.63, 3.8) is 0 Å². The molecule has 6 heteroatoms. The summed E-state index contributed by atoms with van der Waals surface area (Å²) in [6, 6.07) is 5.07. The number of H-pyrrole nitrogens is 1. The van der Waals surface area contributed by atoms with Crippen LogP contribution in [0.25, 0.3) is 10.9 Å². The van der Waals surface area contributed by atoms with Gasteiger partial charge in [-0.05, 0) is 25.1 Å². The Kier molecular flexibility index (Phi) is 2.93. The molecule has 18 heavy (non-hydrogen) atoms. The highest BCUT2D eigenvalue weighted by Gasteiger charge is 2.15. The summed E-state index contributed by atoms with van der Waals surface area (Å²) in [7, 11) is 0. The van der Waals surface area contributed by atoms with Gasteiger partial charge in [0.2, 0.25) is 0 Å². The Bertz CT molecular complexity index is 631. The van der Waals surface area contributed by atoms with Crippen LogP contribution in [-0.2, 0) is 0 Å². The Morgan fingerprint density at radius 3 is 2.89 bits per heavy atom. The highest BCUT2D eigenvalue weighted by Crippen LogP contribution is 2.26. The second-order valence-electron chi connectivity index (χ2n) is 3.95. The number of carboxylic acids is 1. The van der Waals surface area contributed by atoms with Crippen LogP contribution in [-0.4, -0.2) is 28.5 Å². The van der Waals surface area contributed by atoms with Gasteiger partial charge in [0.1, 0.15) is 18.2 Å². The first-order valence-electron chi connectivity index (χ1n) is 5.30. The Labute approximate surface area is 103 Å². The molecule has 5 N–H and O–H groups in total. The van der Waals surface area contributed by atoms with Gasteiger partial charge in [0.05, 0.1) is 5.56 Å². The van der Waals surface area contributed by atoms with Crippen molar-refractivity contribution in [1.29, 1.82) is 5.41 Å². The number of hydrogen-bond acceptors (Lipinski definition) is 3. The summed E-state index contributed by atoms with van der Waals surface area (Å²) in [5.41, 5.74) is 6.76. The number of carboxylic acid groups (broad SMARTS) is 1. The zero-order valence-electron chi connectivity index (χ0n) is 9.78. The number of nitrogens with two attached hydrogens (primary N) is 1. The molecular formula is C12H13N3O3. The smallest absolute Gasteiger partial charge is 0.338 e. The van der Waals surface area contributed by atoms with Gasteiger partial charge in [0, 0.05) is 16.6 Å². The average Bonchev–Trinajstić information content (AvgIpc) is 2.61. The summed E-state index contributed by atoms with van der Waals surface area (Å²) < 4.78 is 5.26. The molecule has 0 bridgehead atoms. The lowest BCUT2D eigenvalue weighted by Gasteiger charge is -2.04. The maximum Gasteiger partial charge on any atom is 0.338 e. The molecule has 0 radical (unpaired) electrons. The third-order valence-electron chi connectivity index (χ3n) is 2.57. The van der Waals surface area contributed by atoms with E-state index >= 15 is 0 Å². The number of aromatic nitrogens is 1. The van der Waals surface area contributed by atoms with Gasteiger partial charge >= 0.3 is 5.97 Å². The number of carbonyl (C=O) groups is 1. The van der Waals surface area contributed by atoms with Crippen molar-refractivity contribution in [1.82, 2.24) is 4.98 Å². The molecule has 1 aromatic carbocycles. The predicted octanol–water partition coefficient (Wildman–Crippen LogP) is 1.49. The molecule has 0 amide bonds. The largest absolute Gasteiger partial charge is 0.486 e. The molecule has 0 saturated heterocycles. The molecule has 0 fully saturated rings. The molecule has 0 saturated carbocycles. The van der Waals surface area contributed by atoms with Gasteiger partial charge in [0.15, 0.2) is 0 Å². The number of fused-ring (bicyclic) bond motifs is 1. The number of benzene rings is 1. The highest BCUT2D eigenvalue weighted by molar-refractivity contribution is 6.05. The van der Waals surface area contributed by atoms with Crippen molar-refractivity contribution in [2.75, 3.05) is 6.61 Å². The van der Waals surface area contributed by atoms with Crippen LogP contribution in [0.15, 0.2) is 18.2 Å². The van der Waals surface area contributed by atoms with Crippen molar-refractivity contribution >= 4 is 22.7 Å². The normalized spacial score (nSPS) is 10.5. The number of aromatic carboxylic acids is 1. The van der Waals surface area contributed by atoms with Crippen molar-refractivity contribution < 1.29 is 14.6 Å². The zero-order chi connectivity index (χ0) is 13.3. The topological polar surface area (TPSA) is 112 Å². The van der Waals surface area contributed by atoms with Crippen LogP contribution < -0.4 is 10.5 Å². The van der Waals surface area contributed by atoms with Gasteiger partial charge in [-0.25, -0.2) is 4.79 Å². The van der Waals surface area contributed by atoms with E-state index in [-0.39, 0.29) is 18.0 Å². The average molecular weight is 247 g/mol. The minimum Gasteiger partial charge on any atom is -0.486 e. The van der Waals surface area contributed by atoms with E-state index in [1.54, 1.807) is 25.1 Å². The number of aryl methyl sites for hydroxylation is 1. The molecule has 2 aromatic rings. The van der Waals surface area contributed by atoms with Crippen LogP contribution in [0.1, 0.15) is 16.1 Å². The fourth-order valence-corrected chi connectivity index (χ4v) is 1.83. The summed E-state index contributed by atoms with van der Waals surface area (Å²) in [6.45, 7) is 1.69. The molecule has 0 aliphatic carbocycles. The third kappa shape index (κ3) is 2.13. The molecule has 1 aromatic heterocycles. The van der Waals surface area contributed by atoms with Crippen LogP contribution in [0, 0.1) is 12.3 Å². The summed E-state index contributed by atoms with van der Waals surface area (Å²) in [5.74, 6) is -0.583. The molecule has 0 unspecified atom stereocenters. The summed E-state index contributed by atoms with van der Waals surface area (Å²) >= 11 is 0. The molecule has 0 spiro atoms. The molecule has 0 atom stereocenters. The molecule has 0 aliphatic rings. The van der Waals surface area contributed by atoms with Gasteiger partial charge in [-0.1, -0.05) is 0 Å². The number of amidine groups is 1. The first-order valence-corrected chi connectivity index (χ1v) is 5.30. The van der Waals surface area contributed by atoms with Crippen molar-refractivity contribution in [3.05, 3.63) is 29.5 Å². The minimum atomic E-state index is -0.984. The zero-order valence-corrected chi connectivity index (χ0v) is 9.78. The van der Waals surface area contributed by atoms with Gasteiger partial charge in [-0.3, -0.25) is 5.41 Å². The quantitative estimate of drug-likeness (QED) is 0.484. The monoisotopic (exact) mass is 247 g/mol. The lowest BCUT2D eigenvalue weighted by Crippen LogP contribution is -2.19. The van der Waals surface area contributed by atoms with E-state index in [0.717, 1.165) is 5.52 Å². The van der Waals surface area contributed by atoms with Crippen LogP contribution in [0.5, 0.6) is 5.75 Å². The molecule has 0 aliphatic heterocycles. The van der Waals surface area contributed by atoms with Gasteiger partial charge in [-0.2, -0.15) is 0 Å². The summed E-state index contributed by atoms with van der Waals surface area (Å²) in [5, 5.41) is 16.8. The van der Waals surface area contributed by atoms with E-state index in [2.05, 4.69) is 4.98 Å². The van der Waals surface area contributed by atoms with Crippen LogP contribution in [0.2, 0.25) is 0 Å². The maximum atomic E-state index is 11.2. The Morgan fingerprint density at radius 2 is 2.28 bits per heavy atom. The first kappa shape index (κ1) is 12.0. The van der Waals surface area contributed by atoms with Crippen LogP contribution in [0.3, 0.4) is 0 Å². The van der Waals surface area contributed by atoms with E-state index in [4.69, 9.17) is 21.0 Å². The number of nitrogens with one attached hydrogen (secondary N) is 2. The van der Waals surface area contributed by atoms with E-state index < -0.39 is 5.97 Å². The number of ether oxygens (including phenoxy) is 1. The van der Waals surface area contributed by atoms with E-state index in [0.29, 0.717) is 16.8 Å². The second-order valence-corrected chi connectivity index (χ2v) is 3.95. The lowest BCUT2D eigenvalue weighted by molar-refractivity contribution is 0.0698. The Morgan fingerprint density at radius 1 is 1.56 bits per heavy atom. The number of hydrogen-bond donors (Lipinski definition) is 4. The van der Waals surface area contributed by atoms with E-state index in [9.17, 15) is 4.79 Å². The number of rotatable bonds is 4. The highest BCUT2D eigenvalue weighted by atomic mass is 16.5. The van der Waals surface area contributed by atoms with Gasteiger partial charge in [-0.15, -0.1) is 0 Å². The fraction of sp³-hybridized carbons (Fsp3) is 0.167. The third-order valence-corrected chi connectivity index (χ3v) is 2.57. The SMILES string of the molecule is Cc1[nH]c2ccc(OCC(=N)N)cc2c1C(=O)O. The van der Waals surface area contributed by atoms with E-state index in [1.165, 1.54) is 0 Å². The van der Waals surface area contributed by atoms with Gasteiger partial charge in [0.25, 0.3) is 0 Å². The predicted molar refractivity (Wildman–Crippen MR) is 67.4 cm³/mol. The standard InChI is InChI=1S/C12H13N3O3/c1-6-11(12(16)17)8-4-7(18-5-10(13)14)2-3-9(8)15-6/h2-4,15H,5H2,1H3,(H3,13,14)(H,16,17). The molecule has 2 rings (SSSR count). The molecular weight excluding hydrogens is 234 g/mol. The molecule has 6 nitrogen and oxygen atoms in total. The van der Waals surface area contributed by atoms with Crippen molar-refractivity contribution in [3.8, 4) is 5.75 Å². The van der Waals surface area contributed by atoms with Crippen molar-refractivity contribution in [2.24, 2.45) is 5.73 Å². The van der Waals surface area contributed by atoms with Crippen LogP contribution >= 0.6 is 0 Å². The van der Waals surface area contributed by atoms with Crippen molar-refractivity contribution in [2.45, 2.75) is 6.92 Å². The van der Waals surface area contributed by atoms with Crippen LogP contribution in [0.4, 0.5) is 0 Å². The Balaban J connectivity index is 2.45. The second kappa shape index (κ2) is 4.40. The van der Waals surface area contributed by atoms with E-state index in [1.807, 2.05) is 0 Å². The summed E-state index contributed by atoms with van der Waals surface area (Å²) in [4.78, 5) is 14.2. The Hall–Kier alpha value is -2.50. The number of aromatic amines is 1. The fourth-order valence-electron chi connectivity index (χ4n) is 1.83. The molecule has 94 valence electrons. The minimum absolute atomic E-state index is 0.0166.